The molecule has 1 saturated carbocycles. The minimum Gasteiger partial charge on any atom is -0.480 e. The van der Waals surface area contributed by atoms with Gasteiger partial charge in [-0.3, -0.25) is 9.59 Å². The quantitative estimate of drug-likeness (QED) is 0.504. The molecule has 2 heterocycles. The van der Waals surface area contributed by atoms with Gasteiger partial charge >= 0.3 is 0 Å². The van der Waals surface area contributed by atoms with Gasteiger partial charge in [-0.2, -0.15) is 0 Å². The first-order valence-electron chi connectivity index (χ1n) is 11.4. The van der Waals surface area contributed by atoms with Gasteiger partial charge in [0.2, 0.25) is 14.8 Å². The minimum atomic E-state index is -3.93. The molecular weight excluding hydrogens is 468 g/mol. The second-order valence-corrected chi connectivity index (χ2v) is 10.8. The van der Waals surface area contributed by atoms with Gasteiger partial charge in [0, 0.05) is 12.8 Å². The maximum atomic E-state index is 13.3. The smallest absolute Gasteiger partial charge is 0.297 e. The molecule has 0 aromatic heterocycles. The molecule has 2 fully saturated rings. The zero-order chi connectivity index (χ0) is 24.6. The summed E-state index contributed by atoms with van der Waals surface area (Å²) in [6, 6.07) is 17.5. The van der Waals surface area contributed by atoms with Crippen molar-refractivity contribution in [3.8, 4) is 0 Å². The second kappa shape index (κ2) is 8.74. The second-order valence-electron chi connectivity index (χ2n) is 8.59. The van der Waals surface area contributed by atoms with Crippen molar-refractivity contribution in [3.05, 3.63) is 95.3 Å². The van der Waals surface area contributed by atoms with Crippen LogP contribution in [0.4, 0.5) is 11.4 Å². The van der Waals surface area contributed by atoms with Crippen molar-refractivity contribution < 1.29 is 27.9 Å². The van der Waals surface area contributed by atoms with Crippen molar-refractivity contribution >= 4 is 33.0 Å². The first-order chi connectivity index (χ1) is 16.9. The summed E-state index contributed by atoms with van der Waals surface area (Å²) in [4.78, 5) is 24.9. The van der Waals surface area contributed by atoms with Crippen LogP contribution in [0.2, 0.25) is 0 Å². The molecule has 5 rings (SSSR count). The van der Waals surface area contributed by atoms with E-state index in [4.69, 9.17) is 4.74 Å². The predicted molar refractivity (Wildman–Crippen MR) is 131 cm³/mol. The van der Waals surface area contributed by atoms with Gasteiger partial charge in [0.1, 0.15) is 5.57 Å². The highest BCUT2D eigenvalue weighted by Gasteiger charge is 2.55. The Morgan fingerprint density at radius 1 is 0.829 bits per heavy atom. The van der Waals surface area contributed by atoms with Crippen LogP contribution in [0.25, 0.3) is 0 Å². The molecule has 1 N–H and O–H groups in total. The van der Waals surface area contributed by atoms with Crippen LogP contribution < -0.4 is 10.0 Å². The van der Waals surface area contributed by atoms with Gasteiger partial charge in [0.25, 0.3) is 17.8 Å². The van der Waals surface area contributed by atoms with Gasteiger partial charge in [-0.05, 0) is 49.3 Å². The summed E-state index contributed by atoms with van der Waals surface area (Å²) in [7, 11) is -3.93. The van der Waals surface area contributed by atoms with E-state index < -0.39 is 32.5 Å². The predicted octanol–water partition coefficient (Wildman–Crippen LogP) is 4.30. The van der Waals surface area contributed by atoms with E-state index in [9.17, 15) is 23.1 Å². The zero-order valence-corrected chi connectivity index (χ0v) is 19.6. The Hall–Kier alpha value is -3.85. The van der Waals surface area contributed by atoms with Crippen molar-refractivity contribution in [2.75, 3.05) is 10.0 Å². The summed E-state index contributed by atoms with van der Waals surface area (Å²) in [5.41, 5.74) is 0.875. The van der Waals surface area contributed by atoms with Crippen LogP contribution in [-0.4, -0.2) is 30.3 Å². The Morgan fingerprint density at radius 3 is 1.86 bits per heavy atom. The number of hydrogen-bond donors (Lipinski definition) is 1. The number of sulfone groups is 1. The van der Waals surface area contributed by atoms with Gasteiger partial charge in [0.05, 0.1) is 11.4 Å². The lowest BCUT2D eigenvalue weighted by Crippen LogP contribution is -2.41. The molecule has 2 aromatic carbocycles. The highest BCUT2D eigenvalue weighted by Crippen LogP contribution is 2.46. The minimum absolute atomic E-state index is 0.141. The van der Waals surface area contributed by atoms with Crippen molar-refractivity contribution in [1.29, 1.82) is 0 Å². The van der Waals surface area contributed by atoms with E-state index in [1.165, 1.54) is 28.2 Å². The molecule has 0 bridgehead atoms. The van der Waals surface area contributed by atoms with Crippen molar-refractivity contribution in [2.45, 2.75) is 37.0 Å². The van der Waals surface area contributed by atoms with Crippen molar-refractivity contribution in [1.82, 2.24) is 0 Å². The monoisotopic (exact) mass is 492 g/mol. The van der Waals surface area contributed by atoms with E-state index >= 15 is 0 Å². The number of allylic oxidation sites excluding steroid dienone is 3. The Bertz CT molecular complexity index is 1300. The third-order valence-electron chi connectivity index (χ3n) is 6.45. The lowest BCUT2D eigenvalue weighted by molar-refractivity contribution is -0.116. The molecule has 3 aliphatic rings. The fraction of sp³-hybridized carbons (Fsp3) is 0.231. The van der Waals surface area contributed by atoms with E-state index in [2.05, 4.69) is 0 Å². The Labute approximate surface area is 203 Å². The van der Waals surface area contributed by atoms with E-state index in [1.807, 2.05) is 12.1 Å². The molecule has 35 heavy (non-hydrogen) atoms. The summed E-state index contributed by atoms with van der Waals surface area (Å²) in [6.45, 7) is 0. The number of carbonyl (C=O) groups is 2. The van der Waals surface area contributed by atoms with Gasteiger partial charge in [-0.25, -0.2) is 18.4 Å². The number of aliphatic hydroxyl groups excluding tert-OH is 1. The fourth-order valence-electron chi connectivity index (χ4n) is 4.70. The first kappa shape index (κ1) is 22.9. The normalized spacial score (nSPS) is 21.3. The van der Waals surface area contributed by atoms with Crippen LogP contribution in [0.1, 0.15) is 32.1 Å². The van der Waals surface area contributed by atoms with Crippen LogP contribution in [0.5, 0.6) is 0 Å². The first-order valence-corrected chi connectivity index (χ1v) is 12.9. The molecule has 0 radical (unpaired) electrons. The summed E-state index contributed by atoms with van der Waals surface area (Å²) < 4.78 is 31.7. The Kier molecular flexibility index (Phi) is 5.72. The SMILES string of the molecule is O=C1C(=CC=CC2=C(O)OC3(CCCCC3)S2(=O)=O)C(=O)N(c2ccccc2)N1c1ccccc1. The topological polar surface area (TPSA) is 104 Å². The summed E-state index contributed by atoms with van der Waals surface area (Å²) in [5.74, 6) is -1.76. The Balaban J connectivity index is 1.48. The lowest BCUT2D eigenvalue weighted by atomic mass is 9.97. The van der Waals surface area contributed by atoms with Crippen LogP contribution in [0.15, 0.2) is 95.3 Å². The fourth-order valence-corrected chi connectivity index (χ4v) is 6.64. The van der Waals surface area contributed by atoms with Gasteiger partial charge in [0.15, 0.2) is 4.91 Å². The molecule has 0 atom stereocenters. The van der Waals surface area contributed by atoms with Crippen molar-refractivity contribution in [3.63, 3.8) is 0 Å². The Morgan fingerprint density at radius 2 is 1.34 bits per heavy atom. The lowest BCUT2D eigenvalue weighted by Gasteiger charge is -2.31. The highest BCUT2D eigenvalue weighted by molar-refractivity contribution is 7.96. The van der Waals surface area contributed by atoms with E-state index in [0.29, 0.717) is 37.1 Å². The van der Waals surface area contributed by atoms with Gasteiger partial charge in [-0.15, -0.1) is 0 Å². The molecule has 1 saturated heterocycles. The number of hydrogen-bond acceptors (Lipinski definition) is 6. The molecule has 8 nitrogen and oxygen atoms in total. The molecule has 180 valence electrons. The zero-order valence-electron chi connectivity index (χ0n) is 18.8. The van der Waals surface area contributed by atoms with Gasteiger partial charge < -0.3 is 9.84 Å². The number of aliphatic hydroxyl groups is 1. The molecular formula is C26H24N2O6S. The molecule has 1 spiro atoms. The average molecular weight is 493 g/mol. The van der Waals surface area contributed by atoms with Crippen LogP contribution >= 0.6 is 0 Å². The molecule has 2 aliphatic heterocycles. The summed E-state index contributed by atoms with van der Waals surface area (Å²) >= 11 is 0. The number of carbonyl (C=O) groups excluding carboxylic acids is 2. The highest BCUT2D eigenvalue weighted by atomic mass is 32.2. The molecule has 0 unspecified atom stereocenters. The van der Waals surface area contributed by atoms with Gasteiger partial charge in [-0.1, -0.05) is 48.9 Å². The summed E-state index contributed by atoms with van der Waals surface area (Å²) in [5, 5.41) is 12.8. The standard InChI is InChI=1S/C26H24N2O6S/c29-23-21(15-10-16-22-25(31)34-26(35(22,32)33)17-8-3-9-18-26)24(30)28(20-13-6-2-7-14-20)27(23)19-11-4-1-5-12-19/h1-2,4-7,10-16,31H,3,8-9,17-18H2. The third kappa shape index (κ3) is 3.72. The van der Waals surface area contributed by atoms with Crippen molar-refractivity contribution in [2.24, 2.45) is 0 Å². The number of anilines is 2. The number of para-hydroxylation sites is 2. The van der Waals surface area contributed by atoms with E-state index in [-0.39, 0.29) is 10.5 Å². The molecule has 2 amide bonds. The number of hydrazine groups is 1. The molecule has 2 aromatic rings. The van der Waals surface area contributed by atoms with Crippen LogP contribution in [0.3, 0.4) is 0 Å². The number of amides is 2. The van der Waals surface area contributed by atoms with Crippen LogP contribution in [0, 0.1) is 0 Å². The molecule has 1 aliphatic carbocycles. The van der Waals surface area contributed by atoms with E-state index in [0.717, 1.165) is 6.42 Å². The third-order valence-corrected chi connectivity index (χ3v) is 8.81. The van der Waals surface area contributed by atoms with Crippen LogP contribution in [-0.2, 0) is 24.2 Å². The average Bonchev–Trinajstić information content (AvgIpc) is 3.22. The summed E-state index contributed by atoms with van der Waals surface area (Å²) in [6.07, 6.45) is 6.67. The number of rotatable bonds is 4. The number of ether oxygens (including phenoxy) is 1. The number of benzene rings is 2. The maximum Gasteiger partial charge on any atom is 0.297 e. The largest absolute Gasteiger partial charge is 0.480 e. The number of nitrogens with zero attached hydrogens (tertiary/aromatic N) is 2. The van der Waals surface area contributed by atoms with E-state index in [1.54, 1.807) is 48.5 Å². The maximum absolute atomic E-state index is 13.3. The molecule has 9 heteroatoms.